The average Bonchev–Trinajstić information content (AvgIpc) is 2.39. The normalized spacial score (nSPS) is 19.7. The third-order valence-electron chi connectivity index (χ3n) is 3.16. The zero-order valence-electron chi connectivity index (χ0n) is 10.1. The van der Waals surface area contributed by atoms with Crippen LogP contribution in [-0.4, -0.2) is 25.5 Å². The quantitative estimate of drug-likeness (QED) is 0.909. The smallest absolute Gasteiger partial charge is 0.244 e. The highest BCUT2D eigenvalue weighted by Gasteiger charge is 2.29. The van der Waals surface area contributed by atoms with Gasteiger partial charge >= 0.3 is 0 Å². The molecule has 1 aliphatic heterocycles. The molecule has 4 nitrogen and oxygen atoms in total. The van der Waals surface area contributed by atoms with E-state index >= 15 is 0 Å². The molecule has 1 aromatic carbocycles. The van der Waals surface area contributed by atoms with Crippen molar-refractivity contribution in [3.63, 3.8) is 0 Å². The summed E-state index contributed by atoms with van der Waals surface area (Å²) in [4.78, 5) is 14.0. The summed E-state index contributed by atoms with van der Waals surface area (Å²) in [6.07, 6.45) is 1.79. The lowest BCUT2D eigenvalue weighted by Gasteiger charge is -2.32. The minimum absolute atomic E-state index is 0.0401. The molecule has 0 bridgehead atoms. The van der Waals surface area contributed by atoms with Crippen LogP contribution in [0.1, 0.15) is 18.4 Å². The predicted octanol–water partition coefficient (Wildman–Crippen LogP) is 2.04. The fraction of sp³-hybridized carbons (Fsp3) is 0.385. The lowest BCUT2D eigenvalue weighted by atomic mass is 10.0. The molecular weight excluding hydrogens is 294 g/mol. The molecule has 94 valence electrons. The number of likely N-dealkylation sites (N-methyl/N-ethyl adjacent to an activating group) is 1. The van der Waals surface area contributed by atoms with Crippen LogP contribution in [0.2, 0.25) is 0 Å². The van der Waals surface area contributed by atoms with Gasteiger partial charge in [0.05, 0.1) is 17.3 Å². The highest BCUT2D eigenvalue weighted by molar-refractivity contribution is 9.10. The number of anilines is 1. The molecule has 1 atom stereocenters. The molecule has 0 saturated carbocycles. The fourth-order valence-corrected chi connectivity index (χ4v) is 2.55. The molecule has 0 spiro atoms. The minimum Gasteiger partial charge on any atom is -0.310 e. The van der Waals surface area contributed by atoms with Gasteiger partial charge in [-0.15, -0.1) is 0 Å². The van der Waals surface area contributed by atoms with E-state index in [9.17, 15) is 4.79 Å². The lowest BCUT2D eigenvalue weighted by Crippen LogP contribution is -2.50. The number of benzene rings is 1. The first-order valence-electron chi connectivity index (χ1n) is 5.85. The summed E-state index contributed by atoms with van der Waals surface area (Å²) in [5.74, 6) is 0.0401. The maximum absolute atomic E-state index is 12.3. The maximum atomic E-state index is 12.3. The van der Waals surface area contributed by atoms with Crippen LogP contribution in [0.3, 0.4) is 0 Å². The molecule has 2 rings (SSSR count). The molecule has 1 N–H and O–H groups in total. The average molecular weight is 308 g/mol. The number of nitrogens with zero attached hydrogens (tertiary/aromatic N) is 2. The second-order valence-electron chi connectivity index (χ2n) is 4.25. The van der Waals surface area contributed by atoms with Crippen molar-refractivity contribution >= 4 is 27.5 Å². The zero-order chi connectivity index (χ0) is 13.1. The highest BCUT2D eigenvalue weighted by atomic mass is 79.9. The van der Waals surface area contributed by atoms with Crippen molar-refractivity contribution in [3.8, 4) is 6.07 Å². The van der Waals surface area contributed by atoms with Crippen LogP contribution in [0, 0.1) is 11.3 Å². The summed E-state index contributed by atoms with van der Waals surface area (Å²) in [7, 11) is 1.79. The number of nitriles is 1. The standard InChI is InChI=1S/C13H14BrN3O/c1-16-11-3-2-6-17(13(11)18)12-7-10(14)5-4-9(12)8-15/h4-5,7,11,16H,2-3,6H2,1H3. The Labute approximate surface area is 115 Å². The Hall–Kier alpha value is -1.38. The summed E-state index contributed by atoms with van der Waals surface area (Å²) in [5.41, 5.74) is 1.22. The number of rotatable bonds is 2. The Bertz CT molecular complexity index is 509. The van der Waals surface area contributed by atoms with Crippen molar-refractivity contribution in [1.82, 2.24) is 5.32 Å². The molecule has 18 heavy (non-hydrogen) atoms. The highest BCUT2D eigenvalue weighted by Crippen LogP contribution is 2.27. The Morgan fingerprint density at radius 2 is 2.33 bits per heavy atom. The van der Waals surface area contributed by atoms with E-state index in [1.807, 2.05) is 12.1 Å². The van der Waals surface area contributed by atoms with Gasteiger partial charge in [0, 0.05) is 11.0 Å². The summed E-state index contributed by atoms with van der Waals surface area (Å²) < 4.78 is 0.871. The van der Waals surface area contributed by atoms with Gasteiger partial charge in [0.25, 0.3) is 0 Å². The van der Waals surface area contributed by atoms with Crippen molar-refractivity contribution in [3.05, 3.63) is 28.2 Å². The van der Waals surface area contributed by atoms with Gasteiger partial charge in [0.2, 0.25) is 5.91 Å². The number of hydrogen-bond acceptors (Lipinski definition) is 3. The first-order chi connectivity index (χ1) is 8.67. The molecule has 1 aliphatic rings. The van der Waals surface area contributed by atoms with Gasteiger partial charge in [-0.3, -0.25) is 4.79 Å². The van der Waals surface area contributed by atoms with Crippen molar-refractivity contribution < 1.29 is 4.79 Å². The Kier molecular flexibility index (Phi) is 4.00. The van der Waals surface area contributed by atoms with Gasteiger partial charge in [-0.1, -0.05) is 15.9 Å². The van der Waals surface area contributed by atoms with Crippen LogP contribution < -0.4 is 10.2 Å². The topological polar surface area (TPSA) is 56.1 Å². The van der Waals surface area contributed by atoms with Gasteiger partial charge in [-0.2, -0.15) is 5.26 Å². The summed E-state index contributed by atoms with van der Waals surface area (Å²) >= 11 is 3.38. The van der Waals surface area contributed by atoms with Gasteiger partial charge in [-0.25, -0.2) is 0 Å². The van der Waals surface area contributed by atoms with Crippen molar-refractivity contribution in [2.45, 2.75) is 18.9 Å². The molecule has 1 amide bonds. The number of halogens is 1. The first kappa shape index (κ1) is 13.1. The second kappa shape index (κ2) is 5.51. The number of nitrogens with one attached hydrogen (secondary N) is 1. The molecular formula is C13H14BrN3O. The summed E-state index contributed by atoms with van der Waals surface area (Å²) in [5, 5.41) is 12.2. The third-order valence-corrected chi connectivity index (χ3v) is 3.65. The van der Waals surface area contributed by atoms with Gasteiger partial charge in [0.1, 0.15) is 6.07 Å². The second-order valence-corrected chi connectivity index (χ2v) is 5.16. The molecule has 0 radical (unpaired) electrons. The Morgan fingerprint density at radius 3 is 3.00 bits per heavy atom. The van der Waals surface area contributed by atoms with E-state index in [1.165, 1.54) is 0 Å². The Balaban J connectivity index is 2.39. The SMILES string of the molecule is CNC1CCCN(c2cc(Br)ccc2C#N)C1=O. The van der Waals surface area contributed by atoms with Crippen LogP contribution in [0.5, 0.6) is 0 Å². The van der Waals surface area contributed by atoms with E-state index in [0.29, 0.717) is 17.8 Å². The number of hydrogen-bond donors (Lipinski definition) is 1. The van der Waals surface area contributed by atoms with Gasteiger partial charge < -0.3 is 10.2 Å². The van der Waals surface area contributed by atoms with Crippen LogP contribution in [0.4, 0.5) is 5.69 Å². The molecule has 1 unspecified atom stereocenters. The van der Waals surface area contributed by atoms with Crippen molar-refractivity contribution in [1.29, 1.82) is 5.26 Å². The number of carbonyl (C=O) groups is 1. The van der Waals surface area contributed by atoms with Crippen molar-refractivity contribution in [2.24, 2.45) is 0 Å². The number of amides is 1. The molecule has 1 heterocycles. The van der Waals surface area contributed by atoms with Crippen molar-refractivity contribution in [2.75, 3.05) is 18.5 Å². The van der Waals surface area contributed by atoms with E-state index < -0.39 is 0 Å². The molecule has 1 aromatic rings. The molecule has 1 fully saturated rings. The Morgan fingerprint density at radius 1 is 1.56 bits per heavy atom. The largest absolute Gasteiger partial charge is 0.310 e. The van der Waals surface area contributed by atoms with E-state index in [-0.39, 0.29) is 11.9 Å². The van der Waals surface area contributed by atoms with E-state index in [0.717, 1.165) is 17.3 Å². The molecule has 0 aliphatic carbocycles. The molecule has 1 saturated heterocycles. The summed E-state index contributed by atoms with van der Waals surface area (Å²) in [6, 6.07) is 7.36. The third kappa shape index (κ3) is 2.40. The van der Waals surface area contributed by atoms with E-state index in [4.69, 9.17) is 5.26 Å². The summed E-state index contributed by atoms with van der Waals surface area (Å²) in [6.45, 7) is 0.669. The fourth-order valence-electron chi connectivity index (χ4n) is 2.20. The van der Waals surface area contributed by atoms with Crippen LogP contribution in [0.15, 0.2) is 22.7 Å². The zero-order valence-corrected chi connectivity index (χ0v) is 11.7. The monoisotopic (exact) mass is 307 g/mol. The van der Waals surface area contributed by atoms with E-state index in [2.05, 4.69) is 27.3 Å². The maximum Gasteiger partial charge on any atom is 0.244 e. The number of piperidine rings is 1. The first-order valence-corrected chi connectivity index (χ1v) is 6.65. The molecule has 0 aromatic heterocycles. The number of carbonyl (C=O) groups excluding carboxylic acids is 1. The van der Waals surface area contributed by atoms with Crippen LogP contribution in [-0.2, 0) is 4.79 Å². The predicted molar refractivity (Wildman–Crippen MR) is 73.3 cm³/mol. The lowest BCUT2D eigenvalue weighted by molar-refractivity contribution is -0.121. The van der Waals surface area contributed by atoms with Gasteiger partial charge in [-0.05, 0) is 38.1 Å². The molecule has 5 heteroatoms. The van der Waals surface area contributed by atoms with E-state index in [1.54, 1.807) is 18.0 Å². The van der Waals surface area contributed by atoms with Gasteiger partial charge in [0.15, 0.2) is 0 Å². The van der Waals surface area contributed by atoms with Crippen LogP contribution >= 0.6 is 15.9 Å². The van der Waals surface area contributed by atoms with Crippen LogP contribution in [0.25, 0.3) is 0 Å². The minimum atomic E-state index is -0.149.